The fourth-order valence-corrected chi connectivity index (χ4v) is 4.78. The Hall–Kier alpha value is -3.54. The van der Waals surface area contributed by atoms with Crippen molar-refractivity contribution in [3.05, 3.63) is 107 Å². The monoisotopic (exact) mass is 465 g/mol. The van der Waals surface area contributed by atoms with E-state index in [1.807, 2.05) is 26.0 Å². The zero-order chi connectivity index (χ0) is 24.5. The number of alkyl halides is 3. The molecule has 1 heterocycles. The maximum absolute atomic E-state index is 15.3. The Bertz CT molecular complexity index is 1200. The number of fused-ring (bicyclic) bond motifs is 1. The molecule has 176 valence electrons. The Labute approximate surface area is 197 Å². The topological polar surface area (TPSA) is 40.5 Å². The van der Waals surface area contributed by atoms with Gasteiger partial charge in [-0.05, 0) is 58.4 Å². The molecule has 0 bridgehead atoms. The van der Waals surface area contributed by atoms with Crippen LogP contribution in [-0.4, -0.2) is 23.8 Å². The normalized spacial score (nSPS) is 18.4. The van der Waals surface area contributed by atoms with Crippen molar-refractivity contribution in [2.75, 3.05) is 11.4 Å². The standard InChI is InChI=1S/C28H26F3NO2/c1-19(2)21-10-14-24(15-11-21)32-18-17-22-5-3-4-6-25(22)27(32,28(29,30)31)23-12-7-20(8-13-23)9-16-26(33)34/h3-16,19H,17-18H2,1-2H3,(H,33,34)/b16-9+. The van der Waals surface area contributed by atoms with Gasteiger partial charge in [-0.1, -0.05) is 74.5 Å². The minimum Gasteiger partial charge on any atom is -0.478 e. The number of carbonyl (C=O) groups is 1. The molecule has 1 unspecified atom stereocenters. The van der Waals surface area contributed by atoms with E-state index in [1.54, 1.807) is 36.4 Å². The average molecular weight is 466 g/mol. The van der Waals surface area contributed by atoms with E-state index >= 15 is 13.2 Å². The summed E-state index contributed by atoms with van der Waals surface area (Å²) in [6, 6.07) is 20.0. The van der Waals surface area contributed by atoms with Gasteiger partial charge in [0.05, 0.1) is 0 Å². The SMILES string of the molecule is CC(C)c1ccc(N2CCc3ccccc3C2(c2ccc(/C=C/C(=O)O)cc2)C(F)(F)F)cc1. The van der Waals surface area contributed by atoms with Crippen LogP contribution in [0.1, 0.15) is 47.6 Å². The first-order valence-corrected chi connectivity index (χ1v) is 11.2. The summed E-state index contributed by atoms with van der Waals surface area (Å²) in [6.45, 7) is 4.30. The molecule has 3 aromatic carbocycles. The number of nitrogens with zero attached hydrogens (tertiary/aromatic N) is 1. The summed E-state index contributed by atoms with van der Waals surface area (Å²) >= 11 is 0. The van der Waals surface area contributed by atoms with E-state index in [0.29, 0.717) is 23.2 Å². The number of benzene rings is 3. The molecule has 4 rings (SSSR count). The molecule has 1 atom stereocenters. The van der Waals surface area contributed by atoms with Crippen LogP contribution >= 0.6 is 0 Å². The summed E-state index contributed by atoms with van der Waals surface area (Å²) in [5, 5.41) is 8.86. The largest absolute Gasteiger partial charge is 0.478 e. The van der Waals surface area contributed by atoms with Crippen LogP contribution < -0.4 is 4.90 Å². The maximum Gasteiger partial charge on any atom is 0.420 e. The molecule has 0 aromatic heterocycles. The molecule has 0 saturated heterocycles. The van der Waals surface area contributed by atoms with Crippen LogP contribution in [0, 0.1) is 0 Å². The molecule has 1 aliphatic rings. The van der Waals surface area contributed by atoms with E-state index in [0.717, 1.165) is 11.6 Å². The minimum atomic E-state index is -4.63. The minimum absolute atomic E-state index is 0.0903. The van der Waals surface area contributed by atoms with Crippen LogP contribution in [0.5, 0.6) is 0 Å². The maximum atomic E-state index is 15.3. The molecule has 1 aliphatic heterocycles. The average Bonchev–Trinajstić information content (AvgIpc) is 2.81. The van der Waals surface area contributed by atoms with Gasteiger partial charge < -0.3 is 10.0 Å². The molecule has 0 spiro atoms. The molecule has 34 heavy (non-hydrogen) atoms. The third-order valence-electron chi connectivity index (χ3n) is 6.45. The van der Waals surface area contributed by atoms with Gasteiger partial charge in [0.25, 0.3) is 0 Å². The third kappa shape index (κ3) is 4.09. The second-order valence-corrected chi connectivity index (χ2v) is 8.81. The first kappa shape index (κ1) is 23.6. The van der Waals surface area contributed by atoms with E-state index in [2.05, 4.69) is 0 Å². The molecular formula is C28H26F3NO2. The zero-order valence-corrected chi connectivity index (χ0v) is 19.0. The second kappa shape index (κ2) is 9.01. The predicted octanol–water partition coefficient (Wildman–Crippen LogP) is 6.78. The van der Waals surface area contributed by atoms with Crippen LogP contribution in [0.2, 0.25) is 0 Å². The van der Waals surface area contributed by atoms with Gasteiger partial charge in [0.1, 0.15) is 0 Å². The molecule has 3 nitrogen and oxygen atoms in total. The number of hydrogen-bond donors (Lipinski definition) is 1. The third-order valence-corrected chi connectivity index (χ3v) is 6.45. The Morgan fingerprint density at radius 1 is 1.00 bits per heavy atom. The molecule has 0 saturated carbocycles. The zero-order valence-electron chi connectivity index (χ0n) is 19.0. The first-order valence-electron chi connectivity index (χ1n) is 11.2. The summed E-state index contributed by atoms with van der Waals surface area (Å²) in [6.07, 6.45) is -1.80. The van der Waals surface area contributed by atoms with Crippen molar-refractivity contribution in [3.8, 4) is 0 Å². The fraction of sp³-hybridized carbons (Fsp3) is 0.250. The van der Waals surface area contributed by atoms with E-state index in [-0.39, 0.29) is 23.6 Å². The van der Waals surface area contributed by atoms with E-state index < -0.39 is 17.7 Å². The van der Waals surface area contributed by atoms with Crippen molar-refractivity contribution < 1.29 is 23.1 Å². The number of aliphatic carboxylic acids is 1. The van der Waals surface area contributed by atoms with Crippen LogP contribution in [-0.2, 0) is 16.8 Å². The van der Waals surface area contributed by atoms with Crippen molar-refractivity contribution in [3.63, 3.8) is 0 Å². The lowest BCUT2D eigenvalue weighted by molar-refractivity contribution is -0.179. The Kier molecular flexibility index (Phi) is 6.26. The Balaban J connectivity index is 1.94. The van der Waals surface area contributed by atoms with Crippen molar-refractivity contribution in [2.24, 2.45) is 0 Å². The number of halogens is 3. The fourth-order valence-electron chi connectivity index (χ4n) is 4.78. The molecule has 0 aliphatic carbocycles. The number of carboxylic acid groups (broad SMARTS) is 1. The van der Waals surface area contributed by atoms with E-state index in [4.69, 9.17) is 5.11 Å². The smallest absolute Gasteiger partial charge is 0.420 e. The summed E-state index contributed by atoms with van der Waals surface area (Å²) in [4.78, 5) is 12.3. The molecule has 1 N–H and O–H groups in total. The van der Waals surface area contributed by atoms with Gasteiger partial charge in [0, 0.05) is 18.3 Å². The summed E-state index contributed by atoms with van der Waals surface area (Å²) in [5.41, 5.74) is 0.684. The second-order valence-electron chi connectivity index (χ2n) is 8.81. The Morgan fingerprint density at radius 3 is 2.24 bits per heavy atom. The highest BCUT2D eigenvalue weighted by Gasteiger charge is 2.62. The predicted molar refractivity (Wildman–Crippen MR) is 128 cm³/mol. The highest BCUT2D eigenvalue weighted by atomic mass is 19.4. The lowest BCUT2D eigenvalue weighted by Gasteiger charge is -2.50. The van der Waals surface area contributed by atoms with E-state index in [1.165, 1.54) is 35.2 Å². The van der Waals surface area contributed by atoms with Crippen LogP contribution in [0.4, 0.5) is 18.9 Å². The van der Waals surface area contributed by atoms with Gasteiger partial charge in [0.2, 0.25) is 0 Å². The number of carboxylic acids is 1. The molecule has 6 heteroatoms. The molecule has 3 aromatic rings. The lowest BCUT2D eigenvalue weighted by Crippen LogP contribution is -2.60. The summed E-state index contributed by atoms with van der Waals surface area (Å²) < 4.78 is 46.0. The quantitative estimate of drug-likeness (QED) is 0.423. The number of rotatable bonds is 5. The Morgan fingerprint density at radius 2 is 1.65 bits per heavy atom. The highest BCUT2D eigenvalue weighted by molar-refractivity contribution is 5.85. The molecule has 0 amide bonds. The van der Waals surface area contributed by atoms with Gasteiger partial charge in [-0.2, -0.15) is 13.2 Å². The van der Waals surface area contributed by atoms with Gasteiger partial charge in [-0.25, -0.2) is 4.79 Å². The van der Waals surface area contributed by atoms with Crippen molar-refractivity contribution in [1.29, 1.82) is 0 Å². The lowest BCUT2D eigenvalue weighted by atomic mass is 9.74. The molecule has 0 radical (unpaired) electrons. The van der Waals surface area contributed by atoms with Gasteiger partial charge in [-0.3, -0.25) is 0 Å². The van der Waals surface area contributed by atoms with Crippen molar-refractivity contribution in [2.45, 2.75) is 37.9 Å². The van der Waals surface area contributed by atoms with Gasteiger partial charge in [-0.15, -0.1) is 0 Å². The van der Waals surface area contributed by atoms with Crippen LogP contribution in [0.3, 0.4) is 0 Å². The van der Waals surface area contributed by atoms with E-state index in [9.17, 15) is 4.79 Å². The highest BCUT2D eigenvalue weighted by Crippen LogP contribution is 2.53. The van der Waals surface area contributed by atoms with Crippen molar-refractivity contribution >= 4 is 17.7 Å². The summed E-state index contributed by atoms with van der Waals surface area (Å²) in [5.74, 6) is -0.844. The number of anilines is 1. The number of hydrogen-bond acceptors (Lipinski definition) is 2. The van der Waals surface area contributed by atoms with Crippen LogP contribution in [0.15, 0.2) is 78.9 Å². The van der Waals surface area contributed by atoms with Gasteiger partial charge >= 0.3 is 12.1 Å². The summed E-state index contributed by atoms with van der Waals surface area (Å²) in [7, 11) is 0. The molecular weight excluding hydrogens is 439 g/mol. The van der Waals surface area contributed by atoms with Gasteiger partial charge in [0.15, 0.2) is 5.54 Å². The first-order chi connectivity index (χ1) is 16.1. The van der Waals surface area contributed by atoms with Crippen LogP contribution in [0.25, 0.3) is 6.08 Å². The van der Waals surface area contributed by atoms with Crippen molar-refractivity contribution in [1.82, 2.24) is 0 Å². The molecule has 0 fully saturated rings.